The van der Waals surface area contributed by atoms with Gasteiger partial charge >= 0.3 is 0 Å². The highest BCUT2D eigenvalue weighted by Crippen LogP contribution is 2.08. The molecule has 0 spiro atoms. The van der Waals surface area contributed by atoms with Gasteiger partial charge in [-0.25, -0.2) is 4.98 Å². The van der Waals surface area contributed by atoms with Crippen molar-refractivity contribution in [3.63, 3.8) is 0 Å². The Hall–Kier alpha value is -1.89. The Balaban J connectivity index is 2.47. The summed E-state index contributed by atoms with van der Waals surface area (Å²) in [5, 5.41) is 2.95. The van der Waals surface area contributed by atoms with E-state index in [1.54, 1.807) is 0 Å². The number of H-pyrrole nitrogens is 1. The fourth-order valence-electron chi connectivity index (χ4n) is 1.26. The van der Waals surface area contributed by atoms with Crippen LogP contribution in [-0.4, -0.2) is 35.6 Å². The number of aromatic nitrogens is 2. The van der Waals surface area contributed by atoms with E-state index >= 15 is 0 Å². The summed E-state index contributed by atoms with van der Waals surface area (Å²) >= 11 is 0. The van der Waals surface area contributed by atoms with Crippen molar-refractivity contribution in [2.45, 2.75) is 19.8 Å². The zero-order chi connectivity index (χ0) is 13.5. The van der Waals surface area contributed by atoms with E-state index in [1.165, 1.54) is 6.07 Å². The van der Waals surface area contributed by atoms with Crippen molar-refractivity contribution in [2.75, 3.05) is 25.1 Å². The summed E-state index contributed by atoms with van der Waals surface area (Å²) in [5.74, 6) is 0.755. The van der Waals surface area contributed by atoms with Crippen LogP contribution in [0, 0.1) is 0 Å². The van der Waals surface area contributed by atoms with Crippen LogP contribution in [0.25, 0.3) is 0 Å². The normalized spacial score (nSPS) is 10.6. The first-order chi connectivity index (χ1) is 8.49. The lowest BCUT2D eigenvalue weighted by atomic mass is 10.2. The number of carbonyl (C=O) groups excluding carboxylic acids is 1. The standard InChI is InChI=1S/C11H18N4O3/c1-7(2)11-14-9(5-10(17)15-11)13-3-4-18-6-8(12)16/h5,7H,3-4,6H2,1-2H3,(H2,12,16)(H2,13,14,15,17). The lowest BCUT2D eigenvalue weighted by Crippen LogP contribution is -2.21. The molecular weight excluding hydrogens is 236 g/mol. The molecule has 7 nitrogen and oxygen atoms in total. The van der Waals surface area contributed by atoms with Gasteiger partial charge in [-0.3, -0.25) is 9.59 Å². The van der Waals surface area contributed by atoms with Gasteiger partial charge in [0, 0.05) is 18.5 Å². The van der Waals surface area contributed by atoms with Crippen LogP contribution >= 0.6 is 0 Å². The second-order valence-electron chi connectivity index (χ2n) is 4.12. The quantitative estimate of drug-likeness (QED) is 0.584. The number of nitrogens with zero attached hydrogens (tertiary/aromatic N) is 1. The third kappa shape index (κ3) is 4.96. The second kappa shape index (κ2) is 6.75. The first kappa shape index (κ1) is 14.2. The van der Waals surface area contributed by atoms with Gasteiger partial charge in [0.05, 0.1) is 6.61 Å². The third-order valence-electron chi connectivity index (χ3n) is 2.10. The van der Waals surface area contributed by atoms with Crippen molar-refractivity contribution in [1.29, 1.82) is 0 Å². The molecule has 1 heterocycles. The molecule has 1 rings (SSSR count). The maximum Gasteiger partial charge on any atom is 0.252 e. The number of anilines is 1. The highest BCUT2D eigenvalue weighted by molar-refractivity contribution is 5.74. The molecule has 0 fully saturated rings. The van der Waals surface area contributed by atoms with Crippen LogP contribution in [0.1, 0.15) is 25.6 Å². The Morgan fingerprint density at radius 2 is 2.33 bits per heavy atom. The number of carbonyl (C=O) groups is 1. The summed E-state index contributed by atoms with van der Waals surface area (Å²) in [7, 11) is 0. The predicted molar refractivity (Wildman–Crippen MR) is 67.4 cm³/mol. The molecule has 0 aliphatic heterocycles. The second-order valence-corrected chi connectivity index (χ2v) is 4.12. The Morgan fingerprint density at radius 1 is 1.61 bits per heavy atom. The largest absolute Gasteiger partial charge is 0.370 e. The molecule has 0 bridgehead atoms. The molecule has 1 amide bonds. The minimum atomic E-state index is -0.508. The van der Waals surface area contributed by atoms with E-state index < -0.39 is 5.91 Å². The van der Waals surface area contributed by atoms with Crippen molar-refractivity contribution in [2.24, 2.45) is 5.73 Å². The van der Waals surface area contributed by atoms with E-state index in [-0.39, 0.29) is 18.1 Å². The zero-order valence-corrected chi connectivity index (χ0v) is 10.5. The van der Waals surface area contributed by atoms with E-state index in [0.717, 1.165) is 0 Å². The fraction of sp³-hybridized carbons (Fsp3) is 0.545. The van der Waals surface area contributed by atoms with Gasteiger partial charge in [-0.15, -0.1) is 0 Å². The predicted octanol–water partition coefficient (Wildman–Crippen LogP) is -0.193. The summed E-state index contributed by atoms with van der Waals surface area (Å²) < 4.78 is 4.97. The Kier molecular flexibility index (Phi) is 5.31. The summed E-state index contributed by atoms with van der Waals surface area (Å²) in [6.45, 7) is 4.54. The summed E-state index contributed by atoms with van der Waals surface area (Å²) in [6.07, 6.45) is 0. The lowest BCUT2D eigenvalue weighted by Gasteiger charge is -2.08. The van der Waals surface area contributed by atoms with Crippen LogP contribution in [0.3, 0.4) is 0 Å². The average molecular weight is 254 g/mol. The molecule has 4 N–H and O–H groups in total. The van der Waals surface area contributed by atoms with Crippen LogP contribution in [0.2, 0.25) is 0 Å². The summed E-state index contributed by atoms with van der Waals surface area (Å²) in [6, 6.07) is 1.37. The Labute approximate surface area is 105 Å². The highest BCUT2D eigenvalue weighted by atomic mass is 16.5. The molecule has 7 heteroatoms. The van der Waals surface area contributed by atoms with Gasteiger partial charge < -0.3 is 20.8 Å². The molecule has 0 atom stereocenters. The van der Waals surface area contributed by atoms with Gasteiger partial charge in [-0.05, 0) is 0 Å². The monoisotopic (exact) mass is 254 g/mol. The van der Waals surface area contributed by atoms with Crippen LogP contribution in [0.15, 0.2) is 10.9 Å². The number of primary amides is 1. The first-order valence-corrected chi connectivity index (χ1v) is 5.70. The zero-order valence-electron chi connectivity index (χ0n) is 10.5. The summed E-state index contributed by atoms with van der Waals surface area (Å²) in [4.78, 5) is 28.7. The fourth-order valence-corrected chi connectivity index (χ4v) is 1.26. The number of ether oxygens (including phenoxy) is 1. The van der Waals surface area contributed by atoms with Crippen LogP contribution in [-0.2, 0) is 9.53 Å². The van der Waals surface area contributed by atoms with Crippen molar-refractivity contribution in [3.8, 4) is 0 Å². The number of rotatable bonds is 7. The average Bonchev–Trinajstić information content (AvgIpc) is 2.27. The van der Waals surface area contributed by atoms with Crippen LogP contribution in [0.5, 0.6) is 0 Å². The molecule has 0 unspecified atom stereocenters. The van der Waals surface area contributed by atoms with Gasteiger partial charge in [0.2, 0.25) is 5.91 Å². The molecule has 1 aromatic rings. The molecule has 0 radical (unpaired) electrons. The van der Waals surface area contributed by atoms with Crippen molar-refractivity contribution >= 4 is 11.7 Å². The highest BCUT2D eigenvalue weighted by Gasteiger charge is 2.04. The SMILES string of the molecule is CC(C)c1nc(NCCOCC(N)=O)cc(=O)[nH]1. The number of hydrogen-bond donors (Lipinski definition) is 3. The smallest absolute Gasteiger partial charge is 0.252 e. The third-order valence-corrected chi connectivity index (χ3v) is 2.10. The summed E-state index contributed by atoms with van der Waals surface area (Å²) in [5.41, 5.74) is 4.72. The van der Waals surface area contributed by atoms with E-state index in [0.29, 0.717) is 24.8 Å². The van der Waals surface area contributed by atoms with Gasteiger partial charge in [0.25, 0.3) is 5.56 Å². The van der Waals surface area contributed by atoms with Crippen molar-refractivity contribution in [3.05, 3.63) is 22.2 Å². The Bertz CT molecular complexity index is 456. The van der Waals surface area contributed by atoms with E-state index in [4.69, 9.17) is 10.5 Å². The number of aromatic amines is 1. The number of nitrogens with one attached hydrogen (secondary N) is 2. The molecule has 0 aliphatic rings. The van der Waals surface area contributed by atoms with Crippen molar-refractivity contribution < 1.29 is 9.53 Å². The number of nitrogens with two attached hydrogens (primary N) is 1. The molecular formula is C11H18N4O3. The van der Waals surface area contributed by atoms with Crippen molar-refractivity contribution in [1.82, 2.24) is 9.97 Å². The maximum atomic E-state index is 11.4. The first-order valence-electron chi connectivity index (χ1n) is 5.70. The van der Waals surface area contributed by atoms with Gasteiger partial charge in [0.15, 0.2) is 0 Å². The lowest BCUT2D eigenvalue weighted by molar-refractivity contribution is -0.122. The maximum absolute atomic E-state index is 11.4. The minimum absolute atomic E-state index is 0.109. The van der Waals surface area contributed by atoms with Gasteiger partial charge in [0.1, 0.15) is 18.2 Å². The number of amides is 1. The van der Waals surface area contributed by atoms with Crippen LogP contribution in [0.4, 0.5) is 5.82 Å². The minimum Gasteiger partial charge on any atom is -0.370 e. The molecule has 1 aromatic heterocycles. The van der Waals surface area contributed by atoms with E-state index in [1.807, 2.05) is 13.8 Å². The molecule has 0 aliphatic carbocycles. The molecule has 18 heavy (non-hydrogen) atoms. The number of hydrogen-bond acceptors (Lipinski definition) is 5. The van der Waals surface area contributed by atoms with E-state index in [2.05, 4.69) is 15.3 Å². The molecule has 100 valence electrons. The van der Waals surface area contributed by atoms with Crippen LogP contribution < -0.4 is 16.6 Å². The molecule has 0 saturated heterocycles. The topological polar surface area (TPSA) is 110 Å². The molecule has 0 saturated carbocycles. The van der Waals surface area contributed by atoms with E-state index in [9.17, 15) is 9.59 Å². The van der Waals surface area contributed by atoms with Gasteiger partial charge in [-0.2, -0.15) is 0 Å². The van der Waals surface area contributed by atoms with Gasteiger partial charge in [-0.1, -0.05) is 13.8 Å². The Morgan fingerprint density at radius 3 is 2.94 bits per heavy atom. The molecule has 0 aromatic carbocycles.